The second-order valence-corrected chi connectivity index (χ2v) is 7.27. The van der Waals surface area contributed by atoms with Gasteiger partial charge in [-0.3, -0.25) is 19.3 Å². The van der Waals surface area contributed by atoms with Crippen molar-refractivity contribution in [3.63, 3.8) is 0 Å². The van der Waals surface area contributed by atoms with E-state index in [4.69, 9.17) is 5.11 Å². The van der Waals surface area contributed by atoms with Crippen molar-refractivity contribution in [2.24, 2.45) is 11.8 Å². The van der Waals surface area contributed by atoms with Gasteiger partial charge in [-0.1, -0.05) is 20.3 Å². The van der Waals surface area contributed by atoms with Crippen LogP contribution >= 0.6 is 0 Å². The fraction of sp³-hybridized carbons (Fsp3) is 0.765. The van der Waals surface area contributed by atoms with Crippen molar-refractivity contribution in [2.75, 3.05) is 20.1 Å². The van der Waals surface area contributed by atoms with Crippen molar-refractivity contribution in [1.29, 1.82) is 0 Å². The summed E-state index contributed by atoms with van der Waals surface area (Å²) in [6, 6.07) is -0.534. The molecule has 2 rings (SSSR count). The van der Waals surface area contributed by atoms with E-state index >= 15 is 0 Å². The van der Waals surface area contributed by atoms with Crippen LogP contribution in [0.2, 0.25) is 0 Å². The Balaban J connectivity index is 1.98. The number of imide groups is 1. The average Bonchev–Trinajstić information content (AvgIpc) is 2.79. The van der Waals surface area contributed by atoms with Gasteiger partial charge in [0.1, 0.15) is 12.1 Å². The van der Waals surface area contributed by atoms with Gasteiger partial charge in [0.05, 0.1) is 5.92 Å². The first-order valence-electron chi connectivity index (χ1n) is 8.81. The Morgan fingerprint density at radius 3 is 2.48 bits per heavy atom. The number of nitrogens with one attached hydrogen (secondary N) is 1. The standard InChI is InChI=1S/C17H27N3O5/c1-4-12-5-7-17(8-6-12)15(24)20(16(25)18-17)10-13(21)19(3)9-11(2)14(22)23/h11-12H,4-10H2,1-3H3,(H,18,25)(H,22,23). The molecule has 140 valence electrons. The minimum Gasteiger partial charge on any atom is -0.481 e. The van der Waals surface area contributed by atoms with Gasteiger partial charge in [0.15, 0.2) is 0 Å². The first kappa shape index (κ1) is 19.2. The molecule has 0 bridgehead atoms. The van der Waals surface area contributed by atoms with Crippen LogP contribution in [-0.2, 0) is 14.4 Å². The molecule has 1 saturated heterocycles. The summed E-state index contributed by atoms with van der Waals surface area (Å²) >= 11 is 0. The highest BCUT2D eigenvalue weighted by atomic mass is 16.4. The van der Waals surface area contributed by atoms with E-state index in [1.807, 2.05) is 0 Å². The molecule has 0 aromatic heterocycles. The summed E-state index contributed by atoms with van der Waals surface area (Å²) < 4.78 is 0. The Hall–Kier alpha value is -2.12. The van der Waals surface area contributed by atoms with Crippen molar-refractivity contribution in [1.82, 2.24) is 15.1 Å². The molecule has 1 aliphatic carbocycles. The van der Waals surface area contributed by atoms with E-state index in [0.717, 1.165) is 24.2 Å². The molecule has 4 amide bonds. The molecule has 1 unspecified atom stereocenters. The number of carboxylic acid groups (broad SMARTS) is 1. The van der Waals surface area contributed by atoms with Crippen LogP contribution < -0.4 is 5.32 Å². The Kier molecular flexibility index (Phi) is 5.69. The number of hydrogen-bond donors (Lipinski definition) is 2. The second-order valence-electron chi connectivity index (χ2n) is 7.27. The molecule has 1 saturated carbocycles. The summed E-state index contributed by atoms with van der Waals surface area (Å²) in [4.78, 5) is 50.4. The molecule has 2 fully saturated rings. The summed E-state index contributed by atoms with van der Waals surface area (Å²) in [6.45, 7) is 3.30. The monoisotopic (exact) mass is 353 g/mol. The zero-order valence-electron chi connectivity index (χ0n) is 15.1. The quantitative estimate of drug-likeness (QED) is 0.694. The van der Waals surface area contributed by atoms with Crippen LogP contribution in [0, 0.1) is 11.8 Å². The van der Waals surface area contributed by atoms with Crippen LogP contribution in [0.1, 0.15) is 46.0 Å². The van der Waals surface area contributed by atoms with E-state index in [0.29, 0.717) is 18.8 Å². The summed E-state index contributed by atoms with van der Waals surface area (Å²) in [6.07, 6.45) is 4.05. The normalized spacial score (nSPS) is 27.3. The molecule has 8 heteroatoms. The zero-order chi connectivity index (χ0) is 18.8. The van der Waals surface area contributed by atoms with Crippen LogP contribution in [0.5, 0.6) is 0 Å². The first-order chi connectivity index (χ1) is 11.7. The number of carbonyl (C=O) groups is 4. The highest BCUT2D eigenvalue weighted by molar-refractivity contribution is 6.09. The number of rotatable bonds is 6. The maximum absolute atomic E-state index is 12.8. The van der Waals surface area contributed by atoms with Gasteiger partial charge in [-0.2, -0.15) is 0 Å². The van der Waals surface area contributed by atoms with Gasteiger partial charge in [-0.15, -0.1) is 0 Å². The number of amides is 4. The van der Waals surface area contributed by atoms with Crippen LogP contribution in [0.15, 0.2) is 0 Å². The first-order valence-corrected chi connectivity index (χ1v) is 8.81. The topological polar surface area (TPSA) is 107 Å². The van der Waals surface area contributed by atoms with Gasteiger partial charge in [0, 0.05) is 13.6 Å². The lowest BCUT2D eigenvalue weighted by Crippen LogP contribution is -2.50. The number of urea groups is 1. The predicted octanol–water partition coefficient (Wildman–Crippen LogP) is 1.06. The van der Waals surface area contributed by atoms with E-state index in [1.54, 1.807) is 0 Å². The van der Waals surface area contributed by atoms with Crippen LogP contribution in [0.25, 0.3) is 0 Å². The molecule has 0 radical (unpaired) electrons. The summed E-state index contributed by atoms with van der Waals surface area (Å²) in [5.74, 6) is -1.92. The van der Waals surface area contributed by atoms with Crippen LogP contribution in [0.3, 0.4) is 0 Å². The minimum absolute atomic E-state index is 0.0289. The van der Waals surface area contributed by atoms with E-state index in [2.05, 4.69) is 12.2 Å². The number of likely N-dealkylation sites (N-methyl/N-ethyl adjacent to an activating group) is 1. The number of nitrogens with zero attached hydrogens (tertiary/aromatic N) is 2. The lowest BCUT2D eigenvalue weighted by molar-refractivity contribution is -0.144. The summed E-state index contributed by atoms with van der Waals surface area (Å²) in [5.41, 5.74) is -0.865. The third-order valence-electron chi connectivity index (χ3n) is 5.47. The molecular weight excluding hydrogens is 326 g/mol. The summed E-state index contributed by atoms with van der Waals surface area (Å²) in [7, 11) is 1.47. The van der Waals surface area contributed by atoms with Crippen molar-refractivity contribution >= 4 is 23.8 Å². The largest absolute Gasteiger partial charge is 0.481 e. The van der Waals surface area contributed by atoms with Crippen molar-refractivity contribution in [3.8, 4) is 0 Å². The number of hydrogen-bond acceptors (Lipinski definition) is 4. The molecular formula is C17H27N3O5. The molecule has 0 aromatic carbocycles. The highest BCUT2D eigenvalue weighted by Gasteiger charge is 2.52. The maximum Gasteiger partial charge on any atom is 0.325 e. The second kappa shape index (κ2) is 7.41. The van der Waals surface area contributed by atoms with Crippen LogP contribution in [0.4, 0.5) is 4.79 Å². The average molecular weight is 353 g/mol. The number of carboxylic acids is 1. The Bertz CT molecular complexity index is 569. The lowest BCUT2D eigenvalue weighted by Gasteiger charge is -2.34. The molecule has 0 aromatic rings. The number of aliphatic carboxylic acids is 1. The Morgan fingerprint density at radius 2 is 1.96 bits per heavy atom. The molecule has 2 aliphatic rings. The highest BCUT2D eigenvalue weighted by Crippen LogP contribution is 2.37. The summed E-state index contributed by atoms with van der Waals surface area (Å²) in [5, 5.41) is 11.7. The molecule has 8 nitrogen and oxygen atoms in total. The molecule has 25 heavy (non-hydrogen) atoms. The number of carbonyl (C=O) groups excluding carboxylic acids is 3. The lowest BCUT2D eigenvalue weighted by atomic mass is 9.75. The molecule has 1 heterocycles. The predicted molar refractivity (Wildman–Crippen MR) is 89.7 cm³/mol. The smallest absolute Gasteiger partial charge is 0.325 e. The fourth-order valence-corrected chi connectivity index (χ4v) is 3.58. The van der Waals surface area contributed by atoms with Crippen molar-refractivity contribution < 1.29 is 24.3 Å². The van der Waals surface area contributed by atoms with Gasteiger partial charge in [0.2, 0.25) is 5.91 Å². The van der Waals surface area contributed by atoms with E-state index < -0.39 is 29.4 Å². The molecule has 2 N–H and O–H groups in total. The zero-order valence-corrected chi connectivity index (χ0v) is 15.1. The molecule has 1 atom stereocenters. The van der Waals surface area contributed by atoms with Gasteiger partial charge in [-0.05, 0) is 31.6 Å². The molecule has 1 aliphatic heterocycles. The van der Waals surface area contributed by atoms with Gasteiger partial charge in [-0.25, -0.2) is 4.79 Å². The maximum atomic E-state index is 12.8. The van der Waals surface area contributed by atoms with E-state index in [9.17, 15) is 19.2 Å². The third-order valence-corrected chi connectivity index (χ3v) is 5.47. The Morgan fingerprint density at radius 1 is 1.36 bits per heavy atom. The van der Waals surface area contributed by atoms with Gasteiger partial charge >= 0.3 is 12.0 Å². The van der Waals surface area contributed by atoms with E-state index in [1.165, 1.54) is 18.9 Å². The van der Waals surface area contributed by atoms with Crippen molar-refractivity contribution in [3.05, 3.63) is 0 Å². The molecule has 1 spiro atoms. The van der Waals surface area contributed by atoms with Crippen molar-refractivity contribution in [2.45, 2.75) is 51.5 Å². The third kappa shape index (κ3) is 3.93. The minimum atomic E-state index is -0.999. The van der Waals surface area contributed by atoms with Gasteiger partial charge < -0.3 is 15.3 Å². The Labute approximate surface area is 147 Å². The van der Waals surface area contributed by atoms with Gasteiger partial charge in [0.25, 0.3) is 5.91 Å². The van der Waals surface area contributed by atoms with E-state index in [-0.39, 0.29) is 19.0 Å². The van der Waals surface area contributed by atoms with Crippen LogP contribution in [-0.4, -0.2) is 64.4 Å². The SMILES string of the molecule is CCC1CCC2(CC1)NC(=O)N(CC(=O)N(C)CC(C)C(=O)O)C2=O. The fourth-order valence-electron chi connectivity index (χ4n) is 3.58.